The van der Waals surface area contributed by atoms with Gasteiger partial charge in [0, 0.05) is 19.8 Å². The van der Waals surface area contributed by atoms with E-state index in [1.807, 2.05) is 0 Å². The fourth-order valence-electron chi connectivity index (χ4n) is 1.19. The second-order valence-electron chi connectivity index (χ2n) is 3.69. The molecule has 2 N–H and O–H groups in total. The van der Waals surface area contributed by atoms with Crippen molar-refractivity contribution in [2.24, 2.45) is 5.92 Å². The van der Waals surface area contributed by atoms with E-state index in [2.05, 4.69) is 19.2 Å². The number of rotatable bonds is 8. The number of nitrogens with one attached hydrogen (secondary N) is 1. The predicted molar refractivity (Wildman–Crippen MR) is 54.8 cm³/mol. The zero-order valence-corrected chi connectivity index (χ0v) is 9.05. The van der Waals surface area contributed by atoms with Crippen molar-refractivity contribution in [3.05, 3.63) is 0 Å². The number of methoxy groups -OCH3 is 1. The SMILES string of the molecule is COCC(NCCCCO)C(C)C. The summed E-state index contributed by atoms with van der Waals surface area (Å²) < 4.78 is 5.11. The summed E-state index contributed by atoms with van der Waals surface area (Å²) in [5.74, 6) is 0.592. The van der Waals surface area contributed by atoms with Gasteiger partial charge in [-0.3, -0.25) is 0 Å². The molecule has 0 rings (SSSR count). The van der Waals surface area contributed by atoms with E-state index < -0.39 is 0 Å². The van der Waals surface area contributed by atoms with Crippen LogP contribution in [0.5, 0.6) is 0 Å². The minimum Gasteiger partial charge on any atom is -0.396 e. The lowest BCUT2D eigenvalue weighted by Gasteiger charge is -2.21. The van der Waals surface area contributed by atoms with E-state index in [4.69, 9.17) is 9.84 Å². The Morgan fingerprint density at radius 3 is 2.46 bits per heavy atom. The molecular weight excluding hydrogens is 166 g/mol. The molecule has 1 atom stereocenters. The molecule has 1 unspecified atom stereocenters. The van der Waals surface area contributed by atoms with E-state index >= 15 is 0 Å². The molecule has 0 aromatic heterocycles. The van der Waals surface area contributed by atoms with Crippen LogP contribution in [0.2, 0.25) is 0 Å². The molecule has 0 saturated carbocycles. The van der Waals surface area contributed by atoms with Gasteiger partial charge in [0.15, 0.2) is 0 Å². The van der Waals surface area contributed by atoms with Crippen molar-refractivity contribution < 1.29 is 9.84 Å². The Labute approximate surface area is 81.5 Å². The fraction of sp³-hybridized carbons (Fsp3) is 1.00. The quantitative estimate of drug-likeness (QED) is 0.560. The molecule has 0 spiro atoms. The van der Waals surface area contributed by atoms with Crippen LogP contribution in [-0.2, 0) is 4.74 Å². The molecule has 0 aromatic rings. The summed E-state index contributed by atoms with van der Waals surface area (Å²) in [5.41, 5.74) is 0. The van der Waals surface area contributed by atoms with Gasteiger partial charge in [0.25, 0.3) is 0 Å². The van der Waals surface area contributed by atoms with Crippen molar-refractivity contribution >= 4 is 0 Å². The third kappa shape index (κ3) is 6.99. The zero-order valence-electron chi connectivity index (χ0n) is 9.05. The van der Waals surface area contributed by atoms with Crippen molar-refractivity contribution in [3.8, 4) is 0 Å². The van der Waals surface area contributed by atoms with Crippen LogP contribution in [0.1, 0.15) is 26.7 Å². The van der Waals surface area contributed by atoms with Crippen LogP contribution >= 0.6 is 0 Å². The van der Waals surface area contributed by atoms with Crippen LogP contribution < -0.4 is 5.32 Å². The van der Waals surface area contributed by atoms with E-state index in [1.165, 1.54) is 0 Å². The molecule has 0 aliphatic heterocycles. The van der Waals surface area contributed by atoms with E-state index in [0.717, 1.165) is 26.0 Å². The van der Waals surface area contributed by atoms with Gasteiger partial charge in [0.05, 0.1) is 6.61 Å². The number of unbranched alkanes of at least 4 members (excludes halogenated alkanes) is 1. The Bertz CT molecular complexity index is 107. The summed E-state index contributed by atoms with van der Waals surface area (Å²) >= 11 is 0. The first-order valence-corrected chi connectivity index (χ1v) is 5.05. The molecule has 0 radical (unpaired) electrons. The molecule has 0 bridgehead atoms. The molecule has 13 heavy (non-hydrogen) atoms. The van der Waals surface area contributed by atoms with Crippen LogP contribution in [-0.4, -0.2) is 38.0 Å². The Balaban J connectivity index is 3.45. The van der Waals surface area contributed by atoms with Crippen molar-refractivity contribution in [3.63, 3.8) is 0 Å². The Morgan fingerprint density at radius 1 is 1.31 bits per heavy atom. The van der Waals surface area contributed by atoms with E-state index in [-0.39, 0.29) is 6.61 Å². The molecule has 0 heterocycles. The molecule has 80 valence electrons. The van der Waals surface area contributed by atoms with Gasteiger partial charge < -0.3 is 15.2 Å². The minimum atomic E-state index is 0.290. The molecule has 3 heteroatoms. The molecule has 0 aliphatic rings. The third-order valence-electron chi connectivity index (χ3n) is 2.14. The van der Waals surface area contributed by atoms with Gasteiger partial charge >= 0.3 is 0 Å². The normalized spacial score (nSPS) is 13.6. The maximum atomic E-state index is 8.59. The summed E-state index contributed by atoms with van der Waals surface area (Å²) in [6.07, 6.45) is 1.91. The first-order valence-electron chi connectivity index (χ1n) is 5.05. The summed E-state index contributed by atoms with van der Waals surface area (Å²) in [4.78, 5) is 0. The highest BCUT2D eigenvalue weighted by Crippen LogP contribution is 2.01. The first-order chi connectivity index (χ1) is 6.22. The van der Waals surface area contributed by atoms with Gasteiger partial charge in [-0.25, -0.2) is 0 Å². The lowest BCUT2D eigenvalue weighted by atomic mass is 10.1. The van der Waals surface area contributed by atoms with Crippen molar-refractivity contribution in [1.29, 1.82) is 0 Å². The zero-order chi connectivity index (χ0) is 10.1. The van der Waals surface area contributed by atoms with Crippen molar-refractivity contribution in [1.82, 2.24) is 5.32 Å². The number of ether oxygens (including phenoxy) is 1. The smallest absolute Gasteiger partial charge is 0.0618 e. The maximum Gasteiger partial charge on any atom is 0.0618 e. The second kappa shape index (κ2) is 8.48. The molecule has 0 fully saturated rings. The molecular formula is C10H23NO2. The van der Waals surface area contributed by atoms with Crippen LogP contribution in [0.15, 0.2) is 0 Å². The van der Waals surface area contributed by atoms with Crippen molar-refractivity contribution in [2.45, 2.75) is 32.7 Å². The largest absolute Gasteiger partial charge is 0.396 e. The average Bonchev–Trinajstić information content (AvgIpc) is 2.10. The van der Waals surface area contributed by atoms with Gasteiger partial charge in [-0.05, 0) is 25.3 Å². The molecule has 0 aliphatic carbocycles. The highest BCUT2D eigenvalue weighted by atomic mass is 16.5. The lowest BCUT2D eigenvalue weighted by molar-refractivity contribution is 0.146. The summed E-state index contributed by atoms with van der Waals surface area (Å²) in [7, 11) is 1.73. The molecule has 0 saturated heterocycles. The number of aliphatic hydroxyl groups is 1. The van der Waals surface area contributed by atoms with Gasteiger partial charge in [-0.1, -0.05) is 13.8 Å². The molecule has 0 amide bonds. The van der Waals surface area contributed by atoms with Gasteiger partial charge in [-0.2, -0.15) is 0 Å². The Morgan fingerprint density at radius 2 is 2.00 bits per heavy atom. The fourth-order valence-corrected chi connectivity index (χ4v) is 1.19. The number of aliphatic hydroxyl groups excluding tert-OH is 1. The summed E-state index contributed by atoms with van der Waals surface area (Å²) in [6, 6.07) is 0.434. The highest BCUT2D eigenvalue weighted by Gasteiger charge is 2.11. The van der Waals surface area contributed by atoms with Crippen LogP contribution in [0.4, 0.5) is 0 Å². The van der Waals surface area contributed by atoms with Crippen LogP contribution in [0.3, 0.4) is 0 Å². The Kier molecular flexibility index (Phi) is 8.40. The van der Waals surface area contributed by atoms with E-state index in [9.17, 15) is 0 Å². The predicted octanol–water partition coefficient (Wildman–Crippen LogP) is 1.02. The van der Waals surface area contributed by atoms with Gasteiger partial charge in [-0.15, -0.1) is 0 Å². The average molecular weight is 189 g/mol. The van der Waals surface area contributed by atoms with Crippen LogP contribution in [0.25, 0.3) is 0 Å². The first kappa shape index (κ1) is 12.9. The van der Waals surface area contributed by atoms with E-state index in [0.29, 0.717) is 12.0 Å². The summed E-state index contributed by atoms with van der Waals surface area (Å²) in [5, 5.41) is 12.0. The van der Waals surface area contributed by atoms with E-state index in [1.54, 1.807) is 7.11 Å². The maximum absolute atomic E-state index is 8.59. The number of hydrogen-bond donors (Lipinski definition) is 2. The monoisotopic (exact) mass is 189 g/mol. The second-order valence-corrected chi connectivity index (χ2v) is 3.69. The number of hydrogen-bond acceptors (Lipinski definition) is 3. The van der Waals surface area contributed by atoms with Crippen molar-refractivity contribution in [2.75, 3.05) is 26.9 Å². The van der Waals surface area contributed by atoms with Gasteiger partial charge in [0.1, 0.15) is 0 Å². The lowest BCUT2D eigenvalue weighted by Crippen LogP contribution is -2.38. The van der Waals surface area contributed by atoms with Gasteiger partial charge in [0.2, 0.25) is 0 Å². The highest BCUT2D eigenvalue weighted by molar-refractivity contribution is 4.69. The van der Waals surface area contributed by atoms with Crippen LogP contribution in [0, 0.1) is 5.92 Å². The summed E-state index contributed by atoms with van der Waals surface area (Å²) in [6.45, 7) is 6.38. The standard InChI is InChI=1S/C10H23NO2/c1-9(2)10(8-13-3)11-6-4-5-7-12/h9-12H,4-8H2,1-3H3. The topological polar surface area (TPSA) is 41.5 Å². The Hall–Kier alpha value is -0.120. The molecule has 3 nitrogen and oxygen atoms in total. The third-order valence-corrected chi connectivity index (χ3v) is 2.14. The molecule has 0 aromatic carbocycles. The minimum absolute atomic E-state index is 0.290.